The van der Waals surface area contributed by atoms with E-state index < -0.39 is 0 Å². The summed E-state index contributed by atoms with van der Waals surface area (Å²) in [6.07, 6.45) is 4.15. The van der Waals surface area contributed by atoms with E-state index in [1.165, 1.54) is 12.5 Å². The number of benzene rings is 1. The van der Waals surface area contributed by atoms with Crippen LogP contribution >= 0.6 is 11.8 Å². The van der Waals surface area contributed by atoms with Gasteiger partial charge in [0.25, 0.3) is 0 Å². The van der Waals surface area contributed by atoms with Gasteiger partial charge in [-0.05, 0) is 25.3 Å². The highest BCUT2D eigenvalue weighted by molar-refractivity contribution is 7.99. The molecule has 1 amide bonds. The maximum absolute atomic E-state index is 13.9. The molecule has 0 spiro atoms. The van der Waals surface area contributed by atoms with Crippen molar-refractivity contribution in [3.8, 4) is 0 Å². The van der Waals surface area contributed by atoms with E-state index in [-0.39, 0.29) is 17.0 Å². The molecule has 4 heteroatoms. The first-order valence-electron chi connectivity index (χ1n) is 7.40. The fourth-order valence-corrected chi connectivity index (χ4v) is 4.14. The highest BCUT2D eigenvalue weighted by atomic mass is 32.2. The maximum Gasteiger partial charge on any atom is 0.225 e. The number of carbonyl (C=O) groups excluding carboxylic acids is 1. The summed E-state index contributed by atoms with van der Waals surface area (Å²) in [4.78, 5) is 14.3. The molecule has 3 rings (SSSR count). The monoisotopic (exact) mass is 293 g/mol. The van der Waals surface area contributed by atoms with Crippen molar-refractivity contribution in [3.63, 3.8) is 0 Å². The van der Waals surface area contributed by atoms with Crippen LogP contribution in [0.3, 0.4) is 0 Å². The number of rotatable bonds is 2. The molecule has 0 radical (unpaired) electrons. The Morgan fingerprint density at radius 2 is 2.00 bits per heavy atom. The van der Waals surface area contributed by atoms with E-state index >= 15 is 0 Å². The van der Waals surface area contributed by atoms with E-state index in [2.05, 4.69) is 0 Å². The predicted molar refractivity (Wildman–Crippen MR) is 80.1 cm³/mol. The Morgan fingerprint density at radius 3 is 2.70 bits per heavy atom. The van der Waals surface area contributed by atoms with Crippen molar-refractivity contribution in [1.29, 1.82) is 0 Å². The Labute approximate surface area is 123 Å². The topological polar surface area (TPSA) is 20.3 Å². The summed E-state index contributed by atoms with van der Waals surface area (Å²) in [6.45, 7) is 1.58. The molecule has 1 saturated heterocycles. The number of hydrogen-bond acceptors (Lipinski definition) is 2. The molecule has 1 aromatic carbocycles. The van der Waals surface area contributed by atoms with Gasteiger partial charge in [-0.15, -0.1) is 0 Å². The Bertz CT molecular complexity index is 489. The molecule has 1 heterocycles. The van der Waals surface area contributed by atoms with E-state index in [0.717, 1.165) is 43.7 Å². The second kappa shape index (κ2) is 6.17. The highest BCUT2D eigenvalue weighted by Crippen LogP contribution is 2.36. The minimum absolute atomic E-state index is 0.122. The summed E-state index contributed by atoms with van der Waals surface area (Å²) in [6, 6.07) is 7.02. The van der Waals surface area contributed by atoms with Crippen molar-refractivity contribution in [2.75, 3.05) is 18.8 Å². The first-order valence-corrected chi connectivity index (χ1v) is 8.45. The summed E-state index contributed by atoms with van der Waals surface area (Å²) in [5, 5.41) is 0.176. The highest BCUT2D eigenvalue weighted by Gasteiger charge is 2.31. The quantitative estimate of drug-likeness (QED) is 0.830. The molecule has 0 bridgehead atoms. The lowest BCUT2D eigenvalue weighted by molar-refractivity contribution is -0.137. The normalized spacial score (nSPS) is 24.1. The van der Waals surface area contributed by atoms with Crippen LogP contribution < -0.4 is 0 Å². The summed E-state index contributed by atoms with van der Waals surface area (Å²) in [5.41, 5.74) is 0.787. The van der Waals surface area contributed by atoms with Crippen molar-refractivity contribution in [1.82, 2.24) is 4.90 Å². The van der Waals surface area contributed by atoms with Crippen LogP contribution in [0, 0.1) is 11.7 Å². The number of thioether (sulfide) groups is 1. The second-order valence-corrected chi connectivity index (χ2v) is 6.93. The van der Waals surface area contributed by atoms with Gasteiger partial charge in [0.2, 0.25) is 5.91 Å². The zero-order chi connectivity index (χ0) is 13.9. The van der Waals surface area contributed by atoms with Gasteiger partial charge in [-0.2, -0.15) is 11.8 Å². The number of carbonyl (C=O) groups is 1. The second-order valence-electron chi connectivity index (χ2n) is 5.62. The third kappa shape index (κ3) is 2.85. The molecule has 1 aromatic rings. The zero-order valence-electron chi connectivity index (χ0n) is 11.6. The van der Waals surface area contributed by atoms with Crippen molar-refractivity contribution in [2.45, 2.75) is 30.9 Å². The van der Waals surface area contributed by atoms with Gasteiger partial charge in [-0.1, -0.05) is 24.6 Å². The lowest BCUT2D eigenvalue weighted by Gasteiger charge is -2.30. The van der Waals surface area contributed by atoms with Crippen molar-refractivity contribution < 1.29 is 9.18 Å². The summed E-state index contributed by atoms with van der Waals surface area (Å²) >= 11 is 1.78. The van der Waals surface area contributed by atoms with Crippen LogP contribution in [-0.2, 0) is 4.79 Å². The number of halogens is 1. The van der Waals surface area contributed by atoms with Crippen LogP contribution in [0.1, 0.15) is 36.5 Å². The van der Waals surface area contributed by atoms with E-state index in [9.17, 15) is 9.18 Å². The Balaban J connectivity index is 1.64. The average molecular weight is 293 g/mol. The molecule has 1 atom stereocenters. The molecule has 108 valence electrons. The van der Waals surface area contributed by atoms with E-state index in [4.69, 9.17) is 0 Å². The van der Waals surface area contributed by atoms with Gasteiger partial charge in [0.1, 0.15) is 5.82 Å². The summed E-state index contributed by atoms with van der Waals surface area (Å²) in [7, 11) is 0. The van der Waals surface area contributed by atoms with Gasteiger partial charge in [-0.3, -0.25) is 4.79 Å². The third-order valence-electron chi connectivity index (χ3n) is 4.36. The molecular weight excluding hydrogens is 273 g/mol. The standard InChI is InChI=1S/C16H20FNOS/c17-14-7-2-1-6-13(14)15-8-9-18(10-11-20-15)16(19)12-4-3-5-12/h1-2,6-7,12,15H,3-5,8-11H2. The van der Waals surface area contributed by atoms with Crippen LogP contribution in [0.4, 0.5) is 4.39 Å². The van der Waals surface area contributed by atoms with Gasteiger partial charge in [-0.25, -0.2) is 4.39 Å². The molecule has 1 aliphatic heterocycles. The molecule has 0 aromatic heterocycles. The van der Waals surface area contributed by atoms with Gasteiger partial charge in [0, 0.05) is 35.6 Å². The predicted octanol–water partition coefficient (Wildman–Crippen LogP) is 3.63. The Hall–Kier alpha value is -1.03. The molecule has 2 fully saturated rings. The molecule has 2 nitrogen and oxygen atoms in total. The fraction of sp³-hybridized carbons (Fsp3) is 0.562. The zero-order valence-corrected chi connectivity index (χ0v) is 12.4. The smallest absolute Gasteiger partial charge is 0.225 e. The lowest BCUT2D eigenvalue weighted by atomic mass is 9.84. The molecule has 1 aliphatic carbocycles. The summed E-state index contributed by atoms with van der Waals surface area (Å²) < 4.78 is 13.9. The van der Waals surface area contributed by atoms with Crippen molar-refractivity contribution >= 4 is 17.7 Å². The Kier molecular flexibility index (Phi) is 4.29. The largest absolute Gasteiger partial charge is 0.342 e. The number of hydrogen-bond donors (Lipinski definition) is 0. The van der Waals surface area contributed by atoms with Crippen LogP contribution in [-0.4, -0.2) is 29.6 Å². The van der Waals surface area contributed by atoms with Crippen LogP contribution in [0.2, 0.25) is 0 Å². The van der Waals surface area contributed by atoms with Crippen molar-refractivity contribution in [3.05, 3.63) is 35.6 Å². The van der Waals surface area contributed by atoms with Crippen molar-refractivity contribution in [2.24, 2.45) is 5.92 Å². The van der Waals surface area contributed by atoms with Crippen LogP contribution in [0.25, 0.3) is 0 Å². The average Bonchev–Trinajstić information content (AvgIpc) is 2.63. The summed E-state index contributed by atoms with van der Waals surface area (Å²) in [5.74, 6) is 1.37. The first kappa shape index (κ1) is 13.9. The van der Waals surface area contributed by atoms with Gasteiger partial charge in [0.15, 0.2) is 0 Å². The fourth-order valence-electron chi connectivity index (χ4n) is 2.89. The third-order valence-corrected chi connectivity index (χ3v) is 5.67. The minimum atomic E-state index is -0.122. The number of amides is 1. The lowest BCUT2D eigenvalue weighted by Crippen LogP contribution is -2.40. The van der Waals surface area contributed by atoms with Gasteiger partial charge < -0.3 is 4.90 Å². The van der Waals surface area contributed by atoms with E-state index in [1.807, 2.05) is 17.0 Å². The minimum Gasteiger partial charge on any atom is -0.342 e. The molecule has 0 N–H and O–H groups in total. The molecular formula is C16H20FNOS. The van der Waals surface area contributed by atoms with Gasteiger partial charge in [0.05, 0.1) is 0 Å². The SMILES string of the molecule is O=C(C1CCC1)N1CCSC(c2ccccc2F)CC1. The Morgan fingerprint density at radius 1 is 1.20 bits per heavy atom. The molecule has 2 aliphatic rings. The molecule has 1 unspecified atom stereocenters. The van der Waals surface area contributed by atoms with Gasteiger partial charge >= 0.3 is 0 Å². The van der Waals surface area contributed by atoms with E-state index in [1.54, 1.807) is 17.8 Å². The molecule has 20 heavy (non-hydrogen) atoms. The van der Waals surface area contributed by atoms with E-state index in [0.29, 0.717) is 5.91 Å². The van der Waals surface area contributed by atoms with Crippen LogP contribution in [0.5, 0.6) is 0 Å². The maximum atomic E-state index is 13.9. The first-order chi connectivity index (χ1) is 9.75. The molecule has 1 saturated carbocycles. The number of nitrogens with zero attached hydrogens (tertiary/aromatic N) is 1. The van der Waals surface area contributed by atoms with Crippen LogP contribution in [0.15, 0.2) is 24.3 Å².